The first-order valence-corrected chi connectivity index (χ1v) is 11.2. The van der Waals surface area contributed by atoms with E-state index in [0.717, 1.165) is 4.90 Å². The fourth-order valence-corrected chi connectivity index (χ4v) is 3.68. The summed E-state index contributed by atoms with van der Waals surface area (Å²) in [6, 6.07) is -4.84. The van der Waals surface area contributed by atoms with Crippen LogP contribution >= 0.6 is 11.8 Å². The van der Waals surface area contributed by atoms with Crippen LogP contribution in [0.3, 0.4) is 0 Å². The van der Waals surface area contributed by atoms with Gasteiger partial charge in [0.2, 0.25) is 23.6 Å². The number of carboxylic acid groups (broad SMARTS) is 1. The van der Waals surface area contributed by atoms with Crippen LogP contribution in [0.1, 0.15) is 32.6 Å². The number of nitrogens with two attached hydrogens (primary N) is 2. The number of aliphatic carboxylic acids is 1. The maximum absolute atomic E-state index is 12.8. The van der Waals surface area contributed by atoms with Crippen molar-refractivity contribution in [2.24, 2.45) is 11.5 Å². The van der Waals surface area contributed by atoms with Crippen molar-refractivity contribution >= 4 is 41.4 Å². The third-order valence-electron chi connectivity index (χ3n) is 4.87. The van der Waals surface area contributed by atoms with E-state index in [0.29, 0.717) is 18.6 Å². The van der Waals surface area contributed by atoms with Gasteiger partial charge < -0.3 is 37.2 Å². The average Bonchev–Trinajstić information content (AvgIpc) is 3.18. The molecule has 0 spiro atoms. The highest BCUT2D eigenvalue weighted by Crippen LogP contribution is 2.19. The second-order valence-corrected chi connectivity index (χ2v) is 8.36. The van der Waals surface area contributed by atoms with Gasteiger partial charge in [-0.1, -0.05) is 0 Å². The molecule has 0 aromatic rings. The van der Waals surface area contributed by atoms with Crippen LogP contribution in [-0.4, -0.2) is 93.5 Å². The Morgan fingerprint density at radius 3 is 2.35 bits per heavy atom. The van der Waals surface area contributed by atoms with Crippen molar-refractivity contribution in [3.05, 3.63) is 0 Å². The van der Waals surface area contributed by atoms with E-state index in [-0.39, 0.29) is 13.0 Å². The van der Waals surface area contributed by atoms with Crippen molar-refractivity contribution in [2.75, 3.05) is 18.6 Å². The number of carboxylic acids is 1. The SMILES string of the molecule is CSCCC(N)C(=O)NC(C(=O)NC(CC(N)=O)C(=O)N1CCCC1C(=O)O)C(C)O. The zero-order valence-electron chi connectivity index (χ0n) is 17.6. The molecule has 1 aliphatic rings. The number of likely N-dealkylation sites (tertiary alicyclic amines) is 1. The maximum atomic E-state index is 12.8. The molecule has 13 heteroatoms. The van der Waals surface area contributed by atoms with Gasteiger partial charge in [-0.3, -0.25) is 19.2 Å². The van der Waals surface area contributed by atoms with Gasteiger partial charge in [-0.15, -0.1) is 0 Å². The molecule has 5 unspecified atom stereocenters. The first kappa shape index (κ1) is 26.7. The number of amides is 4. The van der Waals surface area contributed by atoms with Crippen molar-refractivity contribution in [1.29, 1.82) is 0 Å². The Bertz CT molecular complexity index is 690. The van der Waals surface area contributed by atoms with E-state index in [4.69, 9.17) is 11.5 Å². The molecule has 0 aliphatic carbocycles. The Kier molecular flexibility index (Phi) is 10.7. The van der Waals surface area contributed by atoms with E-state index >= 15 is 0 Å². The molecule has 0 saturated carbocycles. The average molecular weight is 462 g/mol. The topological polar surface area (TPSA) is 205 Å². The minimum Gasteiger partial charge on any atom is -0.480 e. The predicted molar refractivity (Wildman–Crippen MR) is 113 cm³/mol. The van der Waals surface area contributed by atoms with Crippen molar-refractivity contribution < 1.29 is 34.2 Å². The van der Waals surface area contributed by atoms with Gasteiger partial charge >= 0.3 is 5.97 Å². The van der Waals surface area contributed by atoms with E-state index in [2.05, 4.69) is 10.6 Å². The number of carbonyl (C=O) groups is 5. The predicted octanol–water partition coefficient (Wildman–Crippen LogP) is -2.63. The lowest BCUT2D eigenvalue weighted by Crippen LogP contribution is -2.60. The Balaban J connectivity index is 2.94. The van der Waals surface area contributed by atoms with Gasteiger partial charge in [0.1, 0.15) is 18.1 Å². The van der Waals surface area contributed by atoms with Crippen LogP contribution in [0.5, 0.6) is 0 Å². The van der Waals surface area contributed by atoms with Gasteiger partial charge in [-0.25, -0.2) is 4.79 Å². The monoisotopic (exact) mass is 461 g/mol. The molecular formula is C18H31N5O7S. The lowest BCUT2D eigenvalue weighted by Gasteiger charge is -2.29. The minimum absolute atomic E-state index is 0.155. The second-order valence-electron chi connectivity index (χ2n) is 7.37. The molecule has 1 saturated heterocycles. The normalized spacial score (nSPS) is 19.7. The number of aliphatic hydroxyl groups is 1. The summed E-state index contributed by atoms with van der Waals surface area (Å²) in [4.78, 5) is 61.7. The molecule has 1 aliphatic heterocycles. The molecule has 8 N–H and O–H groups in total. The molecule has 1 rings (SSSR count). The number of hydrogen-bond acceptors (Lipinski definition) is 8. The largest absolute Gasteiger partial charge is 0.480 e. The fraction of sp³-hybridized carbons (Fsp3) is 0.722. The highest BCUT2D eigenvalue weighted by atomic mass is 32.2. The van der Waals surface area contributed by atoms with Gasteiger partial charge in [-0.2, -0.15) is 11.8 Å². The Labute approximate surface area is 184 Å². The minimum atomic E-state index is -1.44. The lowest BCUT2D eigenvalue weighted by atomic mass is 10.1. The molecule has 0 radical (unpaired) electrons. The summed E-state index contributed by atoms with van der Waals surface area (Å²) in [5.74, 6) is -3.81. The molecule has 0 aromatic carbocycles. The third-order valence-corrected chi connectivity index (χ3v) is 5.52. The number of aliphatic hydroxyl groups excluding tert-OH is 1. The zero-order chi connectivity index (χ0) is 23.7. The highest BCUT2D eigenvalue weighted by molar-refractivity contribution is 7.98. The molecule has 176 valence electrons. The molecule has 1 fully saturated rings. The third kappa shape index (κ3) is 7.99. The van der Waals surface area contributed by atoms with Gasteiger partial charge in [0, 0.05) is 6.54 Å². The van der Waals surface area contributed by atoms with E-state index < -0.39 is 66.3 Å². The summed E-state index contributed by atoms with van der Waals surface area (Å²) in [5.41, 5.74) is 11.0. The standard InChI is InChI=1S/C18H31N5O7S/c1-9(24)14(22-15(26)10(19)5-7-31-2)16(27)21-11(8-13(20)25)17(28)23-6-3-4-12(23)18(29)30/h9-12,14,24H,3-8,19H2,1-2H3,(H2,20,25)(H,21,27)(H,22,26)(H,29,30). The number of nitrogens with zero attached hydrogens (tertiary/aromatic N) is 1. The van der Waals surface area contributed by atoms with Crippen LogP contribution in [0.4, 0.5) is 0 Å². The van der Waals surface area contributed by atoms with Crippen molar-refractivity contribution in [3.8, 4) is 0 Å². The number of carbonyl (C=O) groups excluding carboxylic acids is 4. The zero-order valence-corrected chi connectivity index (χ0v) is 18.4. The van der Waals surface area contributed by atoms with E-state index in [9.17, 15) is 34.2 Å². The molecule has 4 amide bonds. The summed E-state index contributed by atoms with van der Waals surface area (Å²) in [6.07, 6.45) is 1.01. The molecular weight excluding hydrogens is 430 g/mol. The summed E-state index contributed by atoms with van der Waals surface area (Å²) in [6.45, 7) is 1.42. The molecule has 5 atom stereocenters. The number of rotatable bonds is 12. The number of nitrogens with one attached hydrogen (secondary N) is 2. The van der Waals surface area contributed by atoms with Crippen LogP contribution in [0.25, 0.3) is 0 Å². The first-order chi connectivity index (χ1) is 14.5. The summed E-state index contributed by atoms with van der Waals surface area (Å²) in [7, 11) is 0. The van der Waals surface area contributed by atoms with Gasteiger partial charge in [0.15, 0.2) is 0 Å². The summed E-state index contributed by atoms with van der Waals surface area (Å²) in [5, 5.41) is 23.9. The summed E-state index contributed by atoms with van der Waals surface area (Å²) >= 11 is 1.49. The number of thioether (sulfide) groups is 1. The van der Waals surface area contributed by atoms with Crippen LogP contribution in [0, 0.1) is 0 Å². The van der Waals surface area contributed by atoms with Crippen molar-refractivity contribution in [3.63, 3.8) is 0 Å². The van der Waals surface area contributed by atoms with E-state index in [1.807, 2.05) is 6.26 Å². The van der Waals surface area contributed by atoms with Crippen molar-refractivity contribution in [1.82, 2.24) is 15.5 Å². The molecule has 0 bridgehead atoms. The summed E-state index contributed by atoms with van der Waals surface area (Å²) < 4.78 is 0. The smallest absolute Gasteiger partial charge is 0.326 e. The Morgan fingerprint density at radius 1 is 1.19 bits per heavy atom. The van der Waals surface area contributed by atoms with E-state index in [1.165, 1.54) is 18.7 Å². The Hall–Kier alpha value is -2.38. The second kappa shape index (κ2) is 12.5. The van der Waals surface area contributed by atoms with Crippen LogP contribution in [0.15, 0.2) is 0 Å². The Morgan fingerprint density at radius 2 is 1.84 bits per heavy atom. The van der Waals surface area contributed by atoms with Gasteiger partial charge in [0.25, 0.3) is 0 Å². The molecule has 0 aromatic heterocycles. The highest BCUT2D eigenvalue weighted by Gasteiger charge is 2.39. The lowest BCUT2D eigenvalue weighted by molar-refractivity contribution is -0.150. The maximum Gasteiger partial charge on any atom is 0.326 e. The van der Waals surface area contributed by atoms with E-state index in [1.54, 1.807) is 0 Å². The van der Waals surface area contributed by atoms with Gasteiger partial charge in [-0.05, 0) is 38.2 Å². The van der Waals surface area contributed by atoms with Gasteiger partial charge in [0.05, 0.1) is 18.6 Å². The van der Waals surface area contributed by atoms with Crippen molar-refractivity contribution in [2.45, 2.75) is 62.9 Å². The number of hydrogen-bond donors (Lipinski definition) is 6. The van der Waals surface area contributed by atoms with Crippen LogP contribution in [-0.2, 0) is 24.0 Å². The first-order valence-electron chi connectivity index (χ1n) is 9.84. The molecule has 1 heterocycles. The fourth-order valence-electron chi connectivity index (χ4n) is 3.19. The quantitative estimate of drug-likeness (QED) is 0.179. The van der Waals surface area contributed by atoms with Crippen LogP contribution < -0.4 is 22.1 Å². The molecule has 12 nitrogen and oxygen atoms in total. The van der Waals surface area contributed by atoms with Crippen LogP contribution in [0.2, 0.25) is 0 Å². The number of primary amides is 1. The molecule has 31 heavy (non-hydrogen) atoms.